The van der Waals surface area contributed by atoms with Crippen LogP contribution in [-0.2, 0) is 0 Å². The van der Waals surface area contributed by atoms with Gasteiger partial charge in [-0.2, -0.15) is 0 Å². The predicted octanol–water partition coefficient (Wildman–Crippen LogP) is 5.24. The average Bonchev–Trinajstić information content (AvgIpc) is 2.77. The highest BCUT2D eigenvalue weighted by Crippen LogP contribution is 2.28. The SMILES string of the molecule is CC(C)Oc1cccc2c1[nH]c(=S)n2-c1ccc(Br)cc1. The number of ether oxygens (including phenoxy) is 1. The van der Waals surface area contributed by atoms with Crippen LogP contribution in [-0.4, -0.2) is 15.7 Å². The van der Waals surface area contributed by atoms with Crippen molar-refractivity contribution in [2.45, 2.75) is 20.0 Å². The van der Waals surface area contributed by atoms with E-state index in [1.165, 1.54) is 0 Å². The Kier molecular flexibility index (Phi) is 3.87. The van der Waals surface area contributed by atoms with E-state index in [9.17, 15) is 0 Å². The van der Waals surface area contributed by atoms with Crippen molar-refractivity contribution in [3.63, 3.8) is 0 Å². The number of halogens is 1. The molecule has 3 nitrogen and oxygen atoms in total. The number of fused-ring (bicyclic) bond motifs is 1. The Bertz CT molecular complexity index is 834. The molecule has 0 atom stereocenters. The van der Waals surface area contributed by atoms with Crippen molar-refractivity contribution < 1.29 is 4.74 Å². The number of imidazole rings is 1. The molecule has 0 saturated heterocycles. The number of para-hydroxylation sites is 1. The summed E-state index contributed by atoms with van der Waals surface area (Å²) in [5.74, 6) is 0.824. The lowest BCUT2D eigenvalue weighted by molar-refractivity contribution is 0.245. The minimum atomic E-state index is 0.119. The molecular weight excluding hydrogens is 348 g/mol. The third-order valence-corrected chi connectivity index (χ3v) is 3.94. The van der Waals surface area contributed by atoms with Gasteiger partial charge in [-0.15, -0.1) is 0 Å². The number of H-pyrrole nitrogens is 1. The van der Waals surface area contributed by atoms with E-state index in [4.69, 9.17) is 17.0 Å². The van der Waals surface area contributed by atoms with Crippen molar-refractivity contribution in [1.29, 1.82) is 0 Å². The van der Waals surface area contributed by atoms with Crippen LogP contribution in [0.15, 0.2) is 46.9 Å². The number of aromatic amines is 1. The third kappa shape index (κ3) is 2.76. The summed E-state index contributed by atoms with van der Waals surface area (Å²) in [4.78, 5) is 3.26. The molecule has 21 heavy (non-hydrogen) atoms. The van der Waals surface area contributed by atoms with Gasteiger partial charge in [0, 0.05) is 10.2 Å². The van der Waals surface area contributed by atoms with Crippen LogP contribution in [0, 0.1) is 4.77 Å². The van der Waals surface area contributed by atoms with E-state index in [0.29, 0.717) is 4.77 Å². The number of hydrogen-bond acceptors (Lipinski definition) is 2. The first-order valence-electron chi connectivity index (χ1n) is 6.72. The minimum Gasteiger partial charge on any atom is -0.489 e. The number of nitrogens with zero attached hydrogens (tertiary/aromatic N) is 1. The maximum atomic E-state index is 5.85. The standard InChI is InChI=1S/C16H15BrN2OS/c1-10(2)20-14-5-3-4-13-15(14)18-16(21)19(13)12-8-6-11(17)7-9-12/h3-10H,1-2H3,(H,18,21). The zero-order chi connectivity index (χ0) is 15.0. The second-order valence-electron chi connectivity index (χ2n) is 5.06. The molecule has 2 aromatic carbocycles. The zero-order valence-corrected chi connectivity index (χ0v) is 14.2. The fourth-order valence-electron chi connectivity index (χ4n) is 2.30. The number of hydrogen-bond donors (Lipinski definition) is 1. The van der Waals surface area contributed by atoms with Crippen molar-refractivity contribution in [3.05, 3.63) is 51.7 Å². The molecule has 0 saturated carbocycles. The fraction of sp³-hybridized carbons (Fsp3) is 0.188. The summed E-state index contributed by atoms with van der Waals surface area (Å²) in [6.45, 7) is 4.03. The molecule has 0 aliphatic rings. The molecule has 0 fully saturated rings. The minimum absolute atomic E-state index is 0.119. The highest BCUT2D eigenvalue weighted by molar-refractivity contribution is 9.10. The summed E-state index contributed by atoms with van der Waals surface area (Å²) in [5.41, 5.74) is 2.97. The molecular formula is C16H15BrN2OS. The summed E-state index contributed by atoms with van der Waals surface area (Å²) in [6.07, 6.45) is 0.119. The summed E-state index contributed by atoms with van der Waals surface area (Å²) < 4.78 is 9.57. The van der Waals surface area contributed by atoms with Crippen LogP contribution in [0.1, 0.15) is 13.8 Å². The molecule has 108 valence electrons. The van der Waals surface area contributed by atoms with Gasteiger partial charge in [-0.05, 0) is 62.5 Å². The third-order valence-electron chi connectivity index (χ3n) is 3.13. The van der Waals surface area contributed by atoms with E-state index in [0.717, 1.165) is 26.9 Å². The van der Waals surface area contributed by atoms with Gasteiger partial charge in [-0.3, -0.25) is 4.57 Å². The molecule has 5 heteroatoms. The molecule has 1 N–H and O–H groups in total. The van der Waals surface area contributed by atoms with Crippen molar-refractivity contribution in [1.82, 2.24) is 9.55 Å². The van der Waals surface area contributed by atoms with Gasteiger partial charge in [-0.1, -0.05) is 22.0 Å². The number of aromatic nitrogens is 2. The van der Waals surface area contributed by atoms with Crippen LogP contribution in [0.3, 0.4) is 0 Å². The van der Waals surface area contributed by atoms with Gasteiger partial charge in [0.25, 0.3) is 0 Å². The Morgan fingerprint density at radius 2 is 1.86 bits per heavy atom. The van der Waals surface area contributed by atoms with Gasteiger partial charge in [0.15, 0.2) is 4.77 Å². The second kappa shape index (κ2) is 5.66. The Labute approximate surface area is 136 Å². The molecule has 0 radical (unpaired) electrons. The van der Waals surface area contributed by atoms with Gasteiger partial charge in [0.05, 0.1) is 11.6 Å². The quantitative estimate of drug-likeness (QED) is 0.645. The summed E-state index contributed by atoms with van der Waals surface area (Å²) >= 11 is 8.93. The molecule has 1 aromatic heterocycles. The predicted molar refractivity (Wildman–Crippen MR) is 91.9 cm³/mol. The van der Waals surface area contributed by atoms with Crippen LogP contribution < -0.4 is 4.74 Å². The maximum absolute atomic E-state index is 5.85. The lowest BCUT2D eigenvalue weighted by Crippen LogP contribution is -2.05. The molecule has 3 rings (SSSR count). The Balaban J connectivity index is 2.22. The molecule has 0 aliphatic heterocycles. The van der Waals surface area contributed by atoms with E-state index in [-0.39, 0.29) is 6.10 Å². The van der Waals surface area contributed by atoms with Crippen LogP contribution in [0.25, 0.3) is 16.7 Å². The zero-order valence-electron chi connectivity index (χ0n) is 11.8. The van der Waals surface area contributed by atoms with Crippen LogP contribution in [0.5, 0.6) is 5.75 Å². The van der Waals surface area contributed by atoms with Gasteiger partial charge in [-0.25, -0.2) is 0 Å². The van der Waals surface area contributed by atoms with E-state index in [2.05, 4.69) is 20.9 Å². The van der Waals surface area contributed by atoms with Gasteiger partial charge in [0.2, 0.25) is 0 Å². The monoisotopic (exact) mass is 362 g/mol. The van der Waals surface area contributed by atoms with E-state index >= 15 is 0 Å². The highest BCUT2D eigenvalue weighted by atomic mass is 79.9. The first kappa shape index (κ1) is 14.4. The van der Waals surface area contributed by atoms with Gasteiger partial charge in [0.1, 0.15) is 11.3 Å². The fourth-order valence-corrected chi connectivity index (χ4v) is 2.87. The Morgan fingerprint density at radius 1 is 1.14 bits per heavy atom. The molecule has 3 aromatic rings. The van der Waals surface area contributed by atoms with Crippen molar-refractivity contribution in [3.8, 4) is 11.4 Å². The normalized spacial score (nSPS) is 11.2. The van der Waals surface area contributed by atoms with E-state index in [1.54, 1.807) is 0 Å². The molecule has 0 bridgehead atoms. The van der Waals surface area contributed by atoms with E-state index in [1.807, 2.05) is 60.9 Å². The summed E-state index contributed by atoms with van der Waals surface area (Å²) in [5, 5.41) is 0. The van der Waals surface area contributed by atoms with Crippen LogP contribution in [0.2, 0.25) is 0 Å². The summed E-state index contributed by atoms with van der Waals surface area (Å²) in [6, 6.07) is 14.1. The second-order valence-corrected chi connectivity index (χ2v) is 6.36. The molecule has 0 amide bonds. The Hall–Kier alpha value is -1.59. The van der Waals surface area contributed by atoms with Crippen molar-refractivity contribution in [2.75, 3.05) is 0 Å². The van der Waals surface area contributed by atoms with Crippen molar-refractivity contribution in [2.24, 2.45) is 0 Å². The van der Waals surface area contributed by atoms with Crippen LogP contribution in [0.4, 0.5) is 0 Å². The lowest BCUT2D eigenvalue weighted by atomic mass is 10.2. The lowest BCUT2D eigenvalue weighted by Gasteiger charge is -2.10. The number of nitrogens with one attached hydrogen (secondary N) is 1. The highest BCUT2D eigenvalue weighted by Gasteiger charge is 2.11. The Morgan fingerprint density at radius 3 is 2.52 bits per heavy atom. The first-order valence-corrected chi connectivity index (χ1v) is 7.93. The molecule has 1 heterocycles. The molecule has 0 aliphatic carbocycles. The first-order chi connectivity index (χ1) is 10.1. The average molecular weight is 363 g/mol. The topological polar surface area (TPSA) is 29.9 Å². The molecule has 0 spiro atoms. The summed E-state index contributed by atoms with van der Waals surface area (Å²) in [7, 11) is 0. The van der Waals surface area contributed by atoms with E-state index < -0.39 is 0 Å². The van der Waals surface area contributed by atoms with Crippen molar-refractivity contribution >= 4 is 39.2 Å². The number of benzene rings is 2. The smallest absolute Gasteiger partial charge is 0.182 e. The van der Waals surface area contributed by atoms with Gasteiger partial charge < -0.3 is 9.72 Å². The van der Waals surface area contributed by atoms with Crippen LogP contribution >= 0.6 is 28.1 Å². The molecule has 0 unspecified atom stereocenters. The maximum Gasteiger partial charge on any atom is 0.182 e. The van der Waals surface area contributed by atoms with Gasteiger partial charge >= 0.3 is 0 Å². The largest absolute Gasteiger partial charge is 0.489 e. The number of rotatable bonds is 3.